The van der Waals surface area contributed by atoms with Crippen molar-refractivity contribution in [3.05, 3.63) is 41.0 Å². The Balaban J connectivity index is 2.74. The second-order valence-corrected chi connectivity index (χ2v) is 5.78. The van der Waals surface area contributed by atoms with Crippen molar-refractivity contribution in [2.45, 2.75) is 78.6 Å². The van der Waals surface area contributed by atoms with Crippen LogP contribution >= 0.6 is 0 Å². The minimum atomic E-state index is 1.21. The fraction of sp³-hybridized carbons (Fsp3) is 0.600. The molecule has 0 aliphatic rings. The summed E-state index contributed by atoms with van der Waals surface area (Å²) in [5.74, 6) is 0. The van der Waals surface area contributed by atoms with Crippen molar-refractivity contribution in [3.63, 3.8) is 0 Å². The standard InChI is InChI=1S/C20H32/c1-4-7-10-11-12-18-15-16-19(13-8-5-2)20(17-18)14-9-6-3/h11-12,15-17H,4-10,13-14H2,1-3H3. The van der Waals surface area contributed by atoms with Gasteiger partial charge in [0.1, 0.15) is 0 Å². The highest BCUT2D eigenvalue weighted by Crippen LogP contribution is 2.18. The SMILES string of the molecule is CCCCC=Cc1ccc(CCCC)c(CCCC)c1. The first-order valence-electron chi connectivity index (χ1n) is 8.60. The summed E-state index contributed by atoms with van der Waals surface area (Å²) in [6.45, 7) is 6.80. The van der Waals surface area contributed by atoms with Gasteiger partial charge in [-0.2, -0.15) is 0 Å². The molecule has 112 valence electrons. The highest BCUT2D eigenvalue weighted by molar-refractivity contribution is 5.52. The Morgan fingerprint density at radius 2 is 1.45 bits per heavy atom. The van der Waals surface area contributed by atoms with E-state index in [0.717, 1.165) is 0 Å². The van der Waals surface area contributed by atoms with Crippen LogP contribution in [0.4, 0.5) is 0 Å². The van der Waals surface area contributed by atoms with E-state index < -0.39 is 0 Å². The van der Waals surface area contributed by atoms with Crippen molar-refractivity contribution in [1.29, 1.82) is 0 Å². The average molecular weight is 272 g/mol. The molecular weight excluding hydrogens is 240 g/mol. The summed E-state index contributed by atoms with van der Waals surface area (Å²) in [4.78, 5) is 0. The third-order valence-electron chi connectivity index (χ3n) is 3.86. The molecule has 0 aromatic heterocycles. The van der Waals surface area contributed by atoms with Crippen LogP contribution in [0.2, 0.25) is 0 Å². The number of hydrogen-bond acceptors (Lipinski definition) is 0. The highest BCUT2D eigenvalue weighted by atomic mass is 14.1. The quantitative estimate of drug-likeness (QED) is 0.422. The first-order chi connectivity index (χ1) is 9.81. The van der Waals surface area contributed by atoms with Gasteiger partial charge in [-0.05, 0) is 48.8 Å². The molecule has 0 heteroatoms. The molecule has 0 N–H and O–H groups in total. The summed E-state index contributed by atoms with van der Waals surface area (Å²) in [5, 5.41) is 0. The average Bonchev–Trinajstić information content (AvgIpc) is 2.48. The molecule has 0 fully saturated rings. The zero-order valence-corrected chi connectivity index (χ0v) is 13.8. The van der Waals surface area contributed by atoms with Gasteiger partial charge >= 0.3 is 0 Å². The van der Waals surface area contributed by atoms with Crippen LogP contribution in [0.15, 0.2) is 24.3 Å². The van der Waals surface area contributed by atoms with Gasteiger partial charge in [0.2, 0.25) is 0 Å². The van der Waals surface area contributed by atoms with Crippen LogP contribution in [-0.4, -0.2) is 0 Å². The summed E-state index contributed by atoms with van der Waals surface area (Å²) in [6.07, 6.45) is 16.1. The van der Waals surface area contributed by atoms with Gasteiger partial charge in [0, 0.05) is 0 Å². The molecule has 0 aliphatic heterocycles. The first-order valence-corrected chi connectivity index (χ1v) is 8.60. The Morgan fingerprint density at radius 3 is 2.10 bits per heavy atom. The predicted molar refractivity (Wildman–Crippen MR) is 92.2 cm³/mol. The lowest BCUT2D eigenvalue weighted by molar-refractivity contribution is 0.758. The van der Waals surface area contributed by atoms with Gasteiger partial charge in [-0.15, -0.1) is 0 Å². The summed E-state index contributed by atoms with van der Waals surface area (Å²) in [6, 6.07) is 7.08. The summed E-state index contributed by atoms with van der Waals surface area (Å²) in [5.41, 5.74) is 4.54. The van der Waals surface area contributed by atoms with Crippen LogP contribution < -0.4 is 0 Å². The van der Waals surface area contributed by atoms with E-state index in [1.165, 1.54) is 63.4 Å². The maximum absolute atomic E-state index is 2.42. The molecule has 0 bridgehead atoms. The van der Waals surface area contributed by atoms with Gasteiger partial charge in [-0.1, -0.05) is 76.8 Å². The molecule has 1 aromatic carbocycles. The van der Waals surface area contributed by atoms with Gasteiger partial charge in [0.05, 0.1) is 0 Å². The predicted octanol–water partition coefficient (Wildman–Crippen LogP) is 6.58. The molecule has 1 aromatic rings. The van der Waals surface area contributed by atoms with E-state index in [4.69, 9.17) is 0 Å². The zero-order chi connectivity index (χ0) is 14.6. The van der Waals surface area contributed by atoms with Gasteiger partial charge < -0.3 is 0 Å². The van der Waals surface area contributed by atoms with Gasteiger partial charge in [0.15, 0.2) is 0 Å². The van der Waals surface area contributed by atoms with E-state index in [1.807, 2.05) is 0 Å². The van der Waals surface area contributed by atoms with Crippen LogP contribution in [0.5, 0.6) is 0 Å². The van der Waals surface area contributed by atoms with E-state index in [1.54, 1.807) is 11.1 Å². The Morgan fingerprint density at radius 1 is 0.800 bits per heavy atom. The normalized spacial score (nSPS) is 11.3. The number of allylic oxidation sites excluding steroid dienone is 1. The number of benzene rings is 1. The Kier molecular flexibility index (Phi) is 9.11. The fourth-order valence-electron chi connectivity index (χ4n) is 2.50. The lowest BCUT2D eigenvalue weighted by atomic mass is 9.95. The molecular formula is C20H32. The van der Waals surface area contributed by atoms with Gasteiger partial charge in [-0.3, -0.25) is 0 Å². The van der Waals surface area contributed by atoms with Gasteiger partial charge in [0.25, 0.3) is 0 Å². The van der Waals surface area contributed by atoms with Crippen molar-refractivity contribution >= 4 is 6.08 Å². The van der Waals surface area contributed by atoms with E-state index >= 15 is 0 Å². The van der Waals surface area contributed by atoms with Crippen molar-refractivity contribution in [2.24, 2.45) is 0 Å². The largest absolute Gasteiger partial charge is 0.0839 e. The number of rotatable bonds is 10. The molecule has 1 rings (SSSR count). The summed E-state index contributed by atoms with van der Waals surface area (Å²) < 4.78 is 0. The monoisotopic (exact) mass is 272 g/mol. The van der Waals surface area contributed by atoms with Crippen LogP contribution in [0, 0.1) is 0 Å². The van der Waals surface area contributed by atoms with Crippen LogP contribution in [0.25, 0.3) is 6.08 Å². The topological polar surface area (TPSA) is 0 Å². The van der Waals surface area contributed by atoms with E-state index in [9.17, 15) is 0 Å². The maximum atomic E-state index is 2.42. The summed E-state index contributed by atoms with van der Waals surface area (Å²) >= 11 is 0. The molecule has 0 heterocycles. The fourth-order valence-corrected chi connectivity index (χ4v) is 2.50. The molecule has 20 heavy (non-hydrogen) atoms. The number of hydrogen-bond donors (Lipinski definition) is 0. The minimum absolute atomic E-state index is 1.21. The number of aryl methyl sites for hydroxylation is 2. The van der Waals surface area contributed by atoms with Crippen LogP contribution in [0.1, 0.15) is 82.4 Å². The lowest BCUT2D eigenvalue weighted by Crippen LogP contribution is -1.96. The summed E-state index contributed by atoms with van der Waals surface area (Å²) in [7, 11) is 0. The molecule has 0 unspecified atom stereocenters. The lowest BCUT2D eigenvalue weighted by Gasteiger charge is -2.10. The maximum Gasteiger partial charge on any atom is -0.0257 e. The van der Waals surface area contributed by atoms with Crippen molar-refractivity contribution in [1.82, 2.24) is 0 Å². The molecule has 0 spiro atoms. The van der Waals surface area contributed by atoms with E-state index in [0.29, 0.717) is 0 Å². The second kappa shape index (κ2) is 10.7. The van der Waals surface area contributed by atoms with E-state index in [2.05, 4.69) is 51.1 Å². The third-order valence-corrected chi connectivity index (χ3v) is 3.86. The van der Waals surface area contributed by atoms with Crippen molar-refractivity contribution in [3.8, 4) is 0 Å². The van der Waals surface area contributed by atoms with Crippen LogP contribution in [0.3, 0.4) is 0 Å². The molecule has 0 aliphatic carbocycles. The smallest absolute Gasteiger partial charge is 0.0257 e. The Hall–Kier alpha value is -1.04. The minimum Gasteiger partial charge on any atom is -0.0839 e. The van der Waals surface area contributed by atoms with Crippen molar-refractivity contribution < 1.29 is 0 Å². The highest BCUT2D eigenvalue weighted by Gasteiger charge is 2.03. The van der Waals surface area contributed by atoms with Crippen molar-refractivity contribution in [2.75, 3.05) is 0 Å². The molecule has 0 atom stereocenters. The van der Waals surface area contributed by atoms with Gasteiger partial charge in [-0.25, -0.2) is 0 Å². The van der Waals surface area contributed by atoms with E-state index in [-0.39, 0.29) is 0 Å². The first kappa shape index (κ1) is 17.0. The molecule has 0 saturated heterocycles. The third kappa shape index (κ3) is 6.41. The zero-order valence-electron chi connectivity index (χ0n) is 13.8. The Labute approximate surface area is 126 Å². The molecule has 0 amide bonds. The Bertz CT molecular complexity index is 387. The molecule has 0 radical (unpaired) electrons. The second-order valence-electron chi connectivity index (χ2n) is 5.78. The molecule has 0 nitrogen and oxygen atoms in total. The number of unbranched alkanes of at least 4 members (excludes halogenated alkanes) is 4. The van der Waals surface area contributed by atoms with Crippen LogP contribution in [-0.2, 0) is 12.8 Å². The molecule has 0 saturated carbocycles.